The highest BCUT2D eigenvalue weighted by Gasteiger charge is 2.26. The third-order valence-electron chi connectivity index (χ3n) is 9.71. The van der Waals surface area contributed by atoms with Gasteiger partial charge in [0.25, 0.3) is 0 Å². The SMILES string of the molecule is C=C(C)C(=O)O/C=C\Oc1c(C)c(C)c(-c2c(C)c(C)c(-c3c(C)c(C)c(O/C=C\OC(=O)C(C)=O)c(C)c3C)c(C)c2C)c(C)c1C. The Morgan fingerprint density at radius 3 is 0.917 bits per heavy atom. The quantitative estimate of drug-likeness (QED) is 0.0933. The second-order valence-corrected chi connectivity index (χ2v) is 12.6. The van der Waals surface area contributed by atoms with Crippen LogP contribution in [0, 0.1) is 83.1 Å². The molecule has 3 aromatic rings. The number of ketones is 1. The first-order valence-electron chi connectivity index (χ1n) is 15.9. The van der Waals surface area contributed by atoms with Gasteiger partial charge >= 0.3 is 11.9 Å². The Bertz CT molecular complexity index is 1690. The standard InChI is InChI=1S/C41H48O7/c1-20(2)40(43)47-18-16-45-38-29(11)25(7)36(26(8)30(38)12)34-21(3)23(5)35(24(6)22(34)4)37-27(9)31(13)39(32(14)28(37)10)46-17-19-48-41(44)33(15)42/h16-19H,1H2,2-15H3/b18-16-,19-17-. The van der Waals surface area contributed by atoms with Crippen molar-refractivity contribution in [2.45, 2.75) is 96.9 Å². The van der Waals surface area contributed by atoms with Gasteiger partial charge in [0.05, 0.1) is 0 Å². The number of benzene rings is 3. The predicted molar refractivity (Wildman–Crippen MR) is 191 cm³/mol. The van der Waals surface area contributed by atoms with Crippen LogP contribution in [0.1, 0.15) is 80.6 Å². The Balaban J connectivity index is 2.16. The Morgan fingerprint density at radius 1 is 0.417 bits per heavy atom. The van der Waals surface area contributed by atoms with Crippen molar-refractivity contribution in [3.05, 3.63) is 104 Å². The molecular weight excluding hydrogens is 604 g/mol. The molecule has 0 saturated carbocycles. The van der Waals surface area contributed by atoms with Gasteiger partial charge in [-0.15, -0.1) is 0 Å². The number of hydrogen-bond acceptors (Lipinski definition) is 7. The molecule has 0 unspecified atom stereocenters. The molecule has 0 aromatic heterocycles. The zero-order valence-electron chi connectivity index (χ0n) is 30.9. The summed E-state index contributed by atoms with van der Waals surface area (Å²) in [6.45, 7) is 31.7. The Morgan fingerprint density at radius 2 is 0.667 bits per heavy atom. The van der Waals surface area contributed by atoms with Gasteiger partial charge in [-0.25, -0.2) is 9.59 Å². The first-order chi connectivity index (χ1) is 22.4. The summed E-state index contributed by atoms with van der Waals surface area (Å²) in [4.78, 5) is 34.4. The van der Waals surface area contributed by atoms with E-state index in [2.05, 4.69) is 75.8 Å². The number of esters is 2. The highest BCUT2D eigenvalue weighted by atomic mass is 16.5. The van der Waals surface area contributed by atoms with E-state index in [0.717, 1.165) is 63.4 Å². The predicted octanol–water partition coefficient (Wildman–Crippen LogP) is 9.67. The smallest absolute Gasteiger partial charge is 0.379 e. The molecule has 0 aliphatic carbocycles. The third kappa shape index (κ3) is 7.01. The zero-order chi connectivity index (χ0) is 36.4. The van der Waals surface area contributed by atoms with E-state index in [1.807, 2.05) is 13.8 Å². The molecule has 0 atom stereocenters. The summed E-state index contributed by atoms with van der Waals surface area (Å²) in [5, 5.41) is 0. The molecule has 0 N–H and O–H groups in total. The molecule has 3 aromatic carbocycles. The summed E-state index contributed by atoms with van der Waals surface area (Å²) in [5.41, 5.74) is 18.4. The maximum atomic E-state index is 11.7. The lowest BCUT2D eigenvalue weighted by molar-refractivity contribution is -0.148. The molecule has 0 radical (unpaired) electrons. The van der Waals surface area contributed by atoms with Gasteiger partial charge in [-0.3, -0.25) is 4.79 Å². The highest BCUT2D eigenvalue weighted by Crippen LogP contribution is 2.47. The van der Waals surface area contributed by atoms with Crippen LogP contribution in [0.3, 0.4) is 0 Å². The van der Waals surface area contributed by atoms with Crippen molar-refractivity contribution in [1.82, 2.24) is 0 Å². The van der Waals surface area contributed by atoms with Gasteiger partial charge in [-0.1, -0.05) is 6.58 Å². The summed E-state index contributed by atoms with van der Waals surface area (Å²) >= 11 is 0. The zero-order valence-corrected chi connectivity index (χ0v) is 30.9. The summed E-state index contributed by atoms with van der Waals surface area (Å²) in [7, 11) is 0. The summed E-state index contributed by atoms with van der Waals surface area (Å²) in [5.74, 6) is -0.701. The fourth-order valence-corrected chi connectivity index (χ4v) is 6.28. The molecule has 254 valence electrons. The Kier molecular flexibility index (Phi) is 11.6. The first-order valence-corrected chi connectivity index (χ1v) is 15.9. The molecule has 7 nitrogen and oxygen atoms in total. The summed E-state index contributed by atoms with van der Waals surface area (Å²) in [6, 6.07) is 0. The lowest BCUT2D eigenvalue weighted by Crippen LogP contribution is -2.10. The topological polar surface area (TPSA) is 88.1 Å². The van der Waals surface area contributed by atoms with E-state index in [9.17, 15) is 14.4 Å². The molecule has 0 aliphatic rings. The third-order valence-corrected chi connectivity index (χ3v) is 9.71. The van der Waals surface area contributed by atoms with Crippen molar-refractivity contribution in [3.8, 4) is 33.8 Å². The van der Waals surface area contributed by atoms with Crippen LogP contribution in [0.25, 0.3) is 22.3 Å². The molecule has 0 bridgehead atoms. The second-order valence-electron chi connectivity index (χ2n) is 12.6. The molecule has 0 aliphatic heterocycles. The normalized spacial score (nSPS) is 11.3. The van der Waals surface area contributed by atoms with Crippen molar-refractivity contribution >= 4 is 17.7 Å². The molecule has 0 amide bonds. The van der Waals surface area contributed by atoms with E-state index in [0.29, 0.717) is 11.3 Å². The van der Waals surface area contributed by atoms with Crippen LogP contribution in [0.15, 0.2) is 37.2 Å². The van der Waals surface area contributed by atoms with Crippen LogP contribution in [0.2, 0.25) is 0 Å². The van der Waals surface area contributed by atoms with Crippen molar-refractivity contribution in [2.75, 3.05) is 0 Å². The number of carbonyl (C=O) groups excluding carboxylic acids is 3. The molecule has 48 heavy (non-hydrogen) atoms. The lowest BCUT2D eigenvalue weighted by Gasteiger charge is -2.28. The minimum absolute atomic E-state index is 0.313. The van der Waals surface area contributed by atoms with Crippen molar-refractivity contribution in [1.29, 1.82) is 0 Å². The van der Waals surface area contributed by atoms with Crippen LogP contribution in [0.4, 0.5) is 0 Å². The van der Waals surface area contributed by atoms with E-state index in [4.69, 9.17) is 18.9 Å². The summed E-state index contributed by atoms with van der Waals surface area (Å²) in [6.07, 6.45) is 5.00. The van der Waals surface area contributed by atoms with Crippen LogP contribution >= 0.6 is 0 Å². The molecule has 0 spiro atoms. The average molecular weight is 653 g/mol. The fraction of sp³-hybridized carbons (Fsp3) is 0.341. The number of ether oxygens (including phenoxy) is 4. The van der Waals surface area contributed by atoms with Gasteiger partial charge in [0.1, 0.15) is 36.5 Å². The maximum Gasteiger partial charge on any atom is 0.379 e. The van der Waals surface area contributed by atoms with Crippen LogP contribution in [-0.2, 0) is 23.9 Å². The highest BCUT2D eigenvalue weighted by molar-refractivity contribution is 6.32. The fourth-order valence-electron chi connectivity index (χ4n) is 6.28. The van der Waals surface area contributed by atoms with Crippen LogP contribution in [-0.4, -0.2) is 17.7 Å². The molecular formula is C41H48O7. The van der Waals surface area contributed by atoms with E-state index >= 15 is 0 Å². The first kappa shape index (κ1) is 37.5. The van der Waals surface area contributed by atoms with E-state index < -0.39 is 17.7 Å². The Labute approximate surface area is 285 Å². The van der Waals surface area contributed by atoms with Crippen molar-refractivity contribution in [2.24, 2.45) is 0 Å². The molecule has 0 fully saturated rings. The monoisotopic (exact) mass is 652 g/mol. The molecule has 0 heterocycles. The van der Waals surface area contributed by atoms with Gasteiger partial charge in [0, 0.05) is 12.5 Å². The number of Topliss-reactive ketones (excluding diaryl/α,β-unsaturated/α-hetero) is 1. The second kappa shape index (κ2) is 14.9. The van der Waals surface area contributed by atoms with E-state index in [1.165, 1.54) is 63.3 Å². The minimum Gasteiger partial charge on any atom is -0.461 e. The van der Waals surface area contributed by atoms with Crippen molar-refractivity contribution < 1.29 is 33.3 Å². The van der Waals surface area contributed by atoms with Crippen molar-refractivity contribution in [3.63, 3.8) is 0 Å². The number of rotatable bonds is 10. The average Bonchev–Trinajstić information content (AvgIpc) is 3.03. The van der Waals surface area contributed by atoms with Gasteiger partial charge in [-0.05, 0) is 179 Å². The molecule has 3 rings (SSSR count). The lowest BCUT2D eigenvalue weighted by atomic mass is 9.77. The van der Waals surface area contributed by atoms with Crippen LogP contribution in [0.5, 0.6) is 11.5 Å². The Hall–Kier alpha value is -4.91. The van der Waals surface area contributed by atoms with Gasteiger partial charge < -0.3 is 18.9 Å². The number of carbonyl (C=O) groups is 3. The van der Waals surface area contributed by atoms with Gasteiger partial charge in [0.15, 0.2) is 0 Å². The van der Waals surface area contributed by atoms with Gasteiger partial charge in [-0.2, -0.15) is 0 Å². The van der Waals surface area contributed by atoms with Gasteiger partial charge in [0.2, 0.25) is 5.78 Å². The maximum absolute atomic E-state index is 11.7. The largest absolute Gasteiger partial charge is 0.461 e. The molecule has 7 heteroatoms. The van der Waals surface area contributed by atoms with Crippen LogP contribution < -0.4 is 9.47 Å². The van der Waals surface area contributed by atoms with E-state index in [1.54, 1.807) is 6.92 Å². The number of hydrogen-bond donors (Lipinski definition) is 0. The molecule has 0 saturated heterocycles. The minimum atomic E-state index is -0.943. The van der Waals surface area contributed by atoms with E-state index in [-0.39, 0.29) is 0 Å². The summed E-state index contributed by atoms with van der Waals surface area (Å²) < 4.78 is 21.8.